The van der Waals surface area contributed by atoms with Crippen molar-refractivity contribution in [1.29, 1.82) is 0 Å². The topological polar surface area (TPSA) is 58.6 Å². The van der Waals surface area contributed by atoms with E-state index in [2.05, 4.69) is 12.2 Å². The average Bonchev–Trinajstić information content (AvgIpc) is 2.49. The summed E-state index contributed by atoms with van der Waals surface area (Å²) in [5.74, 6) is -0.356. The minimum atomic E-state index is -0.185. The molecule has 20 heavy (non-hydrogen) atoms. The molecule has 0 radical (unpaired) electrons. The van der Waals surface area contributed by atoms with E-state index in [0.29, 0.717) is 19.2 Å². The number of nitrogens with one attached hydrogen (secondary N) is 1. The van der Waals surface area contributed by atoms with Crippen molar-refractivity contribution in [2.24, 2.45) is 5.92 Å². The third-order valence-electron chi connectivity index (χ3n) is 3.19. The summed E-state index contributed by atoms with van der Waals surface area (Å²) in [6, 6.07) is 9.96. The molecule has 0 amide bonds. The van der Waals surface area contributed by atoms with E-state index >= 15 is 0 Å². The van der Waals surface area contributed by atoms with Crippen molar-refractivity contribution in [3.63, 3.8) is 0 Å². The summed E-state index contributed by atoms with van der Waals surface area (Å²) in [5, 5.41) is 12.0. The number of aliphatic hydroxyl groups is 1. The van der Waals surface area contributed by atoms with Crippen LogP contribution in [0.1, 0.15) is 32.3 Å². The normalized spacial score (nSPS) is 13.8. The van der Waals surface area contributed by atoms with Crippen LogP contribution in [0.5, 0.6) is 0 Å². The minimum absolute atomic E-state index is 0.171. The van der Waals surface area contributed by atoms with Crippen LogP contribution in [0.4, 0.5) is 0 Å². The Morgan fingerprint density at radius 1 is 1.30 bits per heavy atom. The number of aliphatic hydroxyl groups excluding tert-OH is 1. The molecule has 0 fully saturated rings. The molecule has 0 heterocycles. The molecule has 1 aromatic rings. The zero-order chi connectivity index (χ0) is 14.8. The smallest absolute Gasteiger partial charge is 0.310 e. The zero-order valence-electron chi connectivity index (χ0n) is 12.3. The number of benzene rings is 1. The van der Waals surface area contributed by atoms with Crippen molar-refractivity contribution in [2.75, 3.05) is 13.2 Å². The largest absolute Gasteiger partial charge is 0.461 e. The van der Waals surface area contributed by atoms with Crippen molar-refractivity contribution in [2.45, 2.75) is 39.3 Å². The molecule has 0 spiro atoms. The fourth-order valence-corrected chi connectivity index (χ4v) is 1.83. The fraction of sp³-hybridized carbons (Fsp3) is 0.562. The summed E-state index contributed by atoms with van der Waals surface area (Å²) in [4.78, 5) is 11.8. The SMILES string of the molecule is CC(CCCO)NCC(C)C(=O)OCc1ccccc1. The first-order valence-corrected chi connectivity index (χ1v) is 7.18. The highest BCUT2D eigenvalue weighted by Crippen LogP contribution is 2.05. The van der Waals surface area contributed by atoms with Crippen molar-refractivity contribution >= 4 is 5.97 Å². The van der Waals surface area contributed by atoms with Crippen LogP contribution in [0, 0.1) is 5.92 Å². The van der Waals surface area contributed by atoms with Gasteiger partial charge in [-0.05, 0) is 25.3 Å². The van der Waals surface area contributed by atoms with Gasteiger partial charge in [-0.1, -0.05) is 37.3 Å². The Balaban J connectivity index is 2.22. The lowest BCUT2D eigenvalue weighted by Crippen LogP contribution is -2.34. The number of carbonyl (C=O) groups excluding carboxylic acids is 1. The Morgan fingerprint density at radius 2 is 2.00 bits per heavy atom. The van der Waals surface area contributed by atoms with Gasteiger partial charge in [0.25, 0.3) is 0 Å². The number of ether oxygens (including phenoxy) is 1. The maximum atomic E-state index is 11.8. The maximum Gasteiger partial charge on any atom is 0.310 e. The van der Waals surface area contributed by atoms with Crippen LogP contribution < -0.4 is 5.32 Å². The van der Waals surface area contributed by atoms with Crippen LogP contribution in [0.3, 0.4) is 0 Å². The highest BCUT2D eigenvalue weighted by molar-refractivity contribution is 5.72. The van der Waals surface area contributed by atoms with E-state index in [0.717, 1.165) is 18.4 Å². The predicted molar refractivity (Wildman–Crippen MR) is 79.2 cm³/mol. The molecular formula is C16H25NO3. The van der Waals surface area contributed by atoms with Crippen LogP contribution in [0.25, 0.3) is 0 Å². The van der Waals surface area contributed by atoms with Crippen LogP contribution in [0.2, 0.25) is 0 Å². The first-order valence-electron chi connectivity index (χ1n) is 7.18. The van der Waals surface area contributed by atoms with Gasteiger partial charge in [0.15, 0.2) is 0 Å². The van der Waals surface area contributed by atoms with Gasteiger partial charge in [0.2, 0.25) is 0 Å². The molecule has 0 aliphatic rings. The zero-order valence-corrected chi connectivity index (χ0v) is 12.3. The number of hydrogen-bond acceptors (Lipinski definition) is 4. The number of carbonyl (C=O) groups is 1. The summed E-state index contributed by atoms with van der Waals surface area (Å²) in [7, 11) is 0. The monoisotopic (exact) mass is 279 g/mol. The predicted octanol–water partition coefficient (Wildman–Crippen LogP) is 2.12. The molecule has 1 rings (SSSR count). The van der Waals surface area contributed by atoms with E-state index in [1.807, 2.05) is 37.3 Å². The average molecular weight is 279 g/mol. The Bertz CT molecular complexity index is 381. The molecular weight excluding hydrogens is 254 g/mol. The quantitative estimate of drug-likeness (QED) is 0.680. The van der Waals surface area contributed by atoms with Crippen LogP contribution >= 0.6 is 0 Å². The molecule has 0 saturated heterocycles. The number of hydrogen-bond donors (Lipinski definition) is 2. The first-order chi connectivity index (χ1) is 9.63. The molecule has 0 aromatic heterocycles. The Hall–Kier alpha value is -1.39. The summed E-state index contributed by atoms with van der Waals surface area (Å²) in [6.07, 6.45) is 1.68. The molecule has 4 heteroatoms. The Kier molecular flexibility index (Phi) is 7.92. The molecule has 0 saturated carbocycles. The van der Waals surface area contributed by atoms with Crippen molar-refractivity contribution in [3.05, 3.63) is 35.9 Å². The van der Waals surface area contributed by atoms with E-state index in [4.69, 9.17) is 9.84 Å². The lowest BCUT2D eigenvalue weighted by molar-refractivity contribution is -0.149. The van der Waals surface area contributed by atoms with Gasteiger partial charge in [-0.3, -0.25) is 4.79 Å². The van der Waals surface area contributed by atoms with Crippen LogP contribution in [0.15, 0.2) is 30.3 Å². The summed E-state index contributed by atoms with van der Waals surface area (Å²) in [5.41, 5.74) is 0.998. The van der Waals surface area contributed by atoms with Gasteiger partial charge in [-0.25, -0.2) is 0 Å². The van der Waals surface area contributed by atoms with Crippen LogP contribution in [-0.2, 0) is 16.1 Å². The van der Waals surface area contributed by atoms with E-state index in [-0.39, 0.29) is 18.5 Å². The molecule has 112 valence electrons. The molecule has 4 nitrogen and oxygen atoms in total. The van der Waals surface area contributed by atoms with Crippen molar-refractivity contribution < 1.29 is 14.6 Å². The maximum absolute atomic E-state index is 11.8. The van der Waals surface area contributed by atoms with E-state index in [9.17, 15) is 4.79 Å². The molecule has 2 atom stereocenters. The van der Waals surface area contributed by atoms with Gasteiger partial charge in [0.05, 0.1) is 5.92 Å². The second-order valence-corrected chi connectivity index (χ2v) is 5.17. The molecule has 0 aliphatic heterocycles. The standard InChI is InChI=1S/C16H25NO3/c1-13(11-17-14(2)7-6-10-18)16(19)20-12-15-8-4-3-5-9-15/h3-5,8-9,13-14,17-18H,6-7,10-12H2,1-2H3. The second-order valence-electron chi connectivity index (χ2n) is 5.17. The summed E-state index contributed by atoms with van der Waals surface area (Å²) < 4.78 is 5.28. The van der Waals surface area contributed by atoms with E-state index < -0.39 is 0 Å². The molecule has 2 N–H and O–H groups in total. The van der Waals surface area contributed by atoms with E-state index in [1.165, 1.54) is 0 Å². The Labute approximate surface area is 121 Å². The first kappa shape index (κ1) is 16.7. The minimum Gasteiger partial charge on any atom is -0.461 e. The van der Waals surface area contributed by atoms with Crippen LogP contribution in [-0.4, -0.2) is 30.3 Å². The Morgan fingerprint density at radius 3 is 2.65 bits per heavy atom. The van der Waals surface area contributed by atoms with Gasteiger partial charge in [-0.2, -0.15) is 0 Å². The highest BCUT2D eigenvalue weighted by atomic mass is 16.5. The van der Waals surface area contributed by atoms with E-state index in [1.54, 1.807) is 0 Å². The van der Waals surface area contributed by atoms with Gasteiger partial charge in [0.1, 0.15) is 6.61 Å². The molecule has 1 aromatic carbocycles. The molecule has 0 aliphatic carbocycles. The molecule has 2 unspecified atom stereocenters. The van der Waals surface area contributed by atoms with Gasteiger partial charge in [0, 0.05) is 19.2 Å². The number of rotatable bonds is 9. The van der Waals surface area contributed by atoms with Crippen molar-refractivity contribution in [1.82, 2.24) is 5.32 Å². The van der Waals surface area contributed by atoms with Gasteiger partial charge < -0.3 is 15.2 Å². The molecule has 0 bridgehead atoms. The fourth-order valence-electron chi connectivity index (χ4n) is 1.83. The number of esters is 1. The lowest BCUT2D eigenvalue weighted by Gasteiger charge is -2.17. The highest BCUT2D eigenvalue weighted by Gasteiger charge is 2.15. The van der Waals surface area contributed by atoms with Crippen molar-refractivity contribution in [3.8, 4) is 0 Å². The summed E-state index contributed by atoms with van der Waals surface area (Å²) >= 11 is 0. The lowest BCUT2D eigenvalue weighted by atomic mass is 10.1. The summed E-state index contributed by atoms with van der Waals surface area (Å²) in [6.45, 7) is 5.04. The second kappa shape index (κ2) is 9.50. The third kappa shape index (κ3) is 6.68. The van der Waals surface area contributed by atoms with Gasteiger partial charge >= 0.3 is 5.97 Å². The third-order valence-corrected chi connectivity index (χ3v) is 3.19. The van der Waals surface area contributed by atoms with Gasteiger partial charge in [-0.15, -0.1) is 0 Å².